The van der Waals surface area contributed by atoms with Crippen molar-refractivity contribution < 1.29 is 0 Å². The fraction of sp³-hybridized carbons (Fsp3) is 0.353. The fourth-order valence-electron chi connectivity index (χ4n) is 2.90. The zero-order chi connectivity index (χ0) is 17.1. The number of piperazine rings is 1. The number of aryl methyl sites for hydroxylation is 1. The number of halogens is 1. The smallest absolute Gasteiger partial charge is 0.148 e. The summed E-state index contributed by atoms with van der Waals surface area (Å²) in [5.41, 5.74) is 8.08. The molecule has 6 nitrogen and oxygen atoms in total. The van der Waals surface area contributed by atoms with Crippen molar-refractivity contribution in [2.75, 3.05) is 36.8 Å². The normalized spacial score (nSPS) is 16.6. The first-order chi connectivity index (χ1) is 11.6. The third-order valence-corrected chi connectivity index (χ3v) is 5.05. The summed E-state index contributed by atoms with van der Waals surface area (Å²) in [6.45, 7) is 5.22. The highest BCUT2D eigenvalue weighted by Crippen LogP contribution is 2.29. The Hall–Kier alpha value is -2.17. The first-order valence-electron chi connectivity index (χ1n) is 7.81. The maximum Gasteiger partial charge on any atom is 0.148 e. The van der Waals surface area contributed by atoms with E-state index in [1.54, 1.807) is 0 Å². The van der Waals surface area contributed by atoms with E-state index in [4.69, 9.17) is 5.73 Å². The molecule has 0 spiro atoms. The lowest BCUT2D eigenvalue weighted by Crippen LogP contribution is -2.47. The van der Waals surface area contributed by atoms with Crippen LogP contribution in [-0.4, -0.2) is 41.0 Å². The van der Waals surface area contributed by atoms with Gasteiger partial charge in [0.25, 0.3) is 0 Å². The zero-order valence-electron chi connectivity index (χ0n) is 13.5. The van der Waals surface area contributed by atoms with Gasteiger partial charge in [0.15, 0.2) is 0 Å². The van der Waals surface area contributed by atoms with E-state index >= 15 is 0 Å². The van der Waals surface area contributed by atoms with Crippen molar-refractivity contribution >= 4 is 27.6 Å². The molecule has 1 aromatic heterocycles. The number of anilines is 2. The number of aromatic nitrogens is 2. The quantitative estimate of drug-likeness (QED) is 0.872. The largest absolute Gasteiger partial charge is 0.383 e. The van der Waals surface area contributed by atoms with Gasteiger partial charge in [-0.3, -0.25) is 4.90 Å². The molecule has 1 aromatic carbocycles. The minimum absolute atomic E-state index is 0.216. The van der Waals surface area contributed by atoms with Crippen LogP contribution >= 0.6 is 15.9 Å². The summed E-state index contributed by atoms with van der Waals surface area (Å²) in [6.07, 6.45) is 1.48. The number of nitriles is 1. The lowest BCUT2D eigenvalue weighted by Gasteiger charge is -2.37. The minimum Gasteiger partial charge on any atom is -0.383 e. The Morgan fingerprint density at radius 3 is 2.46 bits per heavy atom. The molecule has 1 saturated heterocycles. The molecule has 0 amide bonds. The molecule has 2 N–H and O–H groups in total. The first kappa shape index (κ1) is 16.7. The van der Waals surface area contributed by atoms with Crippen molar-refractivity contribution in [3.63, 3.8) is 0 Å². The highest BCUT2D eigenvalue weighted by molar-refractivity contribution is 9.10. The van der Waals surface area contributed by atoms with Gasteiger partial charge in [0.2, 0.25) is 0 Å². The van der Waals surface area contributed by atoms with Crippen molar-refractivity contribution in [3.05, 3.63) is 46.2 Å². The number of rotatable bonds is 3. The fourth-order valence-corrected chi connectivity index (χ4v) is 3.36. The van der Waals surface area contributed by atoms with E-state index < -0.39 is 0 Å². The Kier molecular flexibility index (Phi) is 4.97. The molecule has 2 heterocycles. The van der Waals surface area contributed by atoms with Gasteiger partial charge < -0.3 is 10.6 Å². The summed E-state index contributed by atoms with van der Waals surface area (Å²) in [4.78, 5) is 12.7. The number of hydrogen-bond donors (Lipinski definition) is 1. The third kappa shape index (κ3) is 3.35. The summed E-state index contributed by atoms with van der Waals surface area (Å²) in [5, 5.41) is 9.61. The number of nitrogen functional groups attached to an aromatic ring is 1. The number of benzene rings is 1. The van der Waals surface area contributed by atoms with Crippen LogP contribution in [0, 0.1) is 18.3 Å². The summed E-state index contributed by atoms with van der Waals surface area (Å²) in [5.74, 6) is 1.25. The summed E-state index contributed by atoms with van der Waals surface area (Å²) in [7, 11) is 0. The van der Waals surface area contributed by atoms with Crippen LogP contribution in [0.15, 0.2) is 35.1 Å². The van der Waals surface area contributed by atoms with E-state index in [9.17, 15) is 5.26 Å². The average Bonchev–Trinajstić information content (AvgIpc) is 2.60. The lowest BCUT2D eigenvalue weighted by atomic mass is 10.0. The van der Waals surface area contributed by atoms with Gasteiger partial charge in [-0.1, -0.05) is 29.8 Å². The van der Waals surface area contributed by atoms with E-state index in [2.05, 4.69) is 60.8 Å². The van der Waals surface area contributed by atoms with Crippen LogP contribution in [0.3, 0.4) is 0 Å². The monoisotopic (exact) mass is 386 g/mol. The Morgan fingerprint density at radius 1 is 1.17 bits per heavy atom. The maximum absolute atomic E-state index is 9.61. The van der Waals surface area contributed by atoms with E-state index in [1.807, 2.05) is 12.1 Å². The first-order valence-corrected chi connectivity index (χ1v) is 8.60. The van der Waals surface area contributed by atoms with Crippen LogP contribution in [-0.2, 0) is 0 Å². The van der Waals surface area contributed by atoms with Gasteiger partial charge in [-0.2, -0.15) is 5.26 Å². The van der Waals surface area contributed by atoms with E-state index in [0.717, 1.165) is 42.0 Å². The molecule has 0 saturated carbocycles. The van der Waals surface area contributed by atoms with E-state index in [1.165, 1.54) is 11.9 Å². The predicted molar refractivity (Wildman–Crippen MR) is 97.5 cm³/mol. The number of nitrogens with zero attached hydrogens (tertiary/aromatic N) is 5. The molecule has 0 radical (unpaired) electrons. The molecule has 1 aliphatic heterocycles. The lowest BCUT2D eigenvalue weighted by molar-refractivity contribution is 0.221. The molecule has 1 atom stereocenters. The van der Waals surface area contributed by atoms with Crippen LogP contribution in [0.4, 0.5) is 11.6 Å². The van der Waals surface area contributed by atoms with E-state index in [-0.39, 0.29) is 6.04 Å². The van der Waals surface area contributed by atoms with Gasteiger partial charge in [-0.05, 0) is 28.4 Å². The standard InChI is InChI=1S/C17H19BrN6/c1-12-2-4-13(5-3-12)14(10-19)23-6-8-24(9-7-23)17-15(18)16(20)21-11-22-17/h2-5,11,14H,6-9H2,1H3,(H2,20,21,22). The van der Waals surface area contributed by atoms with Crippen molar-refractivity contribution in [1.29, 1.82) is 5.26 Å². The molecule has 1 unspecified atom stereocenters. The topological polar surface area (TPSA) is 82.1 Å². The number of hydrogen-bond acceptors (Lipinski definition) is 6. The highest BCUT2D eigenvalue weighted by atomic mass is 79.9. The van der Waals surface area contributed by atoms with Crippen LogP contribution < -0.4 is 10.6 Å². The van der Waals surface area contributed by atoms with Gasteiger partial charge in [0.1, 0.15) is 28.5 Å². The van der Waals surface area contributed by atoms with Crippen LogP contribution in [0.2, 0.25) is 0 Å². The average molecular weight is 387 g/mol. The van der Waals surface area contributed by atoms with Crippen molar-refractivity contribution in [2.45, 2.75) is 13.0 Å². The molecule has 7 heteroatoms. The van der Waals surface area contributed by atoms with Crippen molar-refractivity contribution in [3.8, 4) is 6.07 Å². The molecule has 1 fully saturated rings. The predicted octanol–water partition coefficient (Wildman–Crippen LogP) is 2.52. The Morgan fingerprint density at radius 2 is 1.83 bits per heavy atom. The summed E-state index contributed by atoms with van der Waals surface area (Å²) in [6, 6.07) is 10.4. The second kappa shape index (κ2) is 7.16. The van der Waals surface area contributed by atoms with Gasteiger partial charge >= 0.3 is 0 Å². The van der Waals surface area contributed by atoms with Crippen molar-refractivity contribution in [1.82, 2.24) is 14.9 Å². The Balaban J connectivity index is 1.71. The molecule has 0 bridgehead atoms. The maximum atomic E-state index is 9.61. The van der Waals surface area contributed by atoms with E-state index in [0.29, 0.717) is 5.82 Å². The van der Waals surface area contributed by atoms with Crippen LogP contribution in [0.25, 0.3) is 0 Å². The molecular formula is C17H19BrN6. The van der Waals surface area contributed by atoms with Crippen LogP contribution in [0.5, 0.6) is 0 Å². The van der Waals surface area contributed by atoms with Gasteiger partial charge in [-0.15, -0.1) is 0 Å². The zero-order valence-corrected chi connectivity index (χ0v) is 15.1. The van der Waals surface area contributed by atoms with Crippen molar-refractivity contribution in [2.24, 2.45) is 0 Å². The molecule has 3 rings (SSSR count). The molecule has 1 aliphatic rings. The summed E-state index contributed by atoms with van der Waals surface area (Å²) >= 11 is 3.46. The molecule has 124 valence electrons. The minimum atomic E-state index is -0.216. The Labute approximate surface area is 150 Å². The van der Waals surface area contributed by atoms with Gasteiger partial charge in [0.05, 0.1) is 6.07 Å². The van der Waals surface area contributed by atoms with Gasteiger partial charge in [0, 0.05) is 26.2 Å². The SMILES string of the molecule is Cc1ccc(C(C#N)N2CCN(c3ncnc(N)c3Br)CC2)cc1. The van der Waals surface area contributed by atoms with Gasteiger partial charge in [-0.25, -0.2) is 9.97 Å². The molecule has 24 heavy (non-hydrogen) atoms. The second-order valence-corrected chi connectivity index (χ2v) is 6.65. The molecule has 0 aliphatic carbocycles. The number of nitrogens with two attached hydrogens (primary N) is 1. The van der Waals surface area contributed by atoms with Crippen LogP contribution in [0.1, 0.15) is 17.2 Å². The Bertz CT molecular complexity index is 747. The third-order valence-electron chi connectivity index (χ3n) is 4.29. The summed E-state index contributed by atoms with van der Waals surface area (Å²) < 4.78 is 0.730. The molecular weight excluding hydrogens is 368 g/mol. The second-order valence-electron chi connectivity index (χ2n) is 5.86. The highest BCUT2D eigenvalue weighted by Gasteiger charge is 2.26. The molecule has 2 aromatic rings.